The van der Waals surface area contributed by atoms with Gasteiger partial charge in [-0.2, -0.15) is 0 Å². The van der Waals surface area contributed by atoms with Crippen molar-refractivity contribution < 1.29 is 15.0 Å². The fraction of sp³-hybridized carbons (Fsp3) is 0.923. The quantitative estimate of drug-likeness (QED) is 0.400. The van der Waals surface area contributed by atoms with E-state index in [1.165, 1.54) is 0 Å². The molecule has 2 atom stereocenters. The lowest BCUT2D eigenvalue weighted by atomic mass is 9.88. The van der Waals surface area contributed by atoms with E-state index >= 15 is 0 Å². The van der Waals surface area contributed by atoms with E-state index in [-0.39, 0.29) is 12.6 Å². The molecule has 0 spiro atoms. The van der Waals surface area contributed by atoms with Crippen LogP contribution in [0, 0.1) is 0 Å². The molecule has 4 N–H and O–H groups in total. The summed E-state index contributed by atoms with van der Waals surface area (Å²) < 4.78 is 0. The molecular formula is C13H27BN2O3. The number of carboxylic acids is 1. The molecule has 0 unspecified atom stereocenters. The van der Waals surface area contributed by atoms with Crippen LogP contribution in [0.3, 0.4) is 0 Å². The Morgan fingerprint density at radius 2 is 2.16 bits per heavy atom. The van der Waals surface area contributed by atoms with Gasteiger partial charge in [-0.1, -0.05) is 19.2 Å². The van der Waals surface area contributed by atoms with E-state index in [1.54, 1.807) is 0 Å². The topological polar surface area (TPSA) is 86.8 Å². The highest BCUT2D eigenvalue weighted by Gasteiger charge is 2.35. The van der Waals surface area contributed by atoms with E-state index in [4.69, 9.17) is 5.73 Å². The normalized spacial score (nSPS) is 23.4. The zero-order chi connectivity index (χ0) is 14.3. The minimum atomic E-state index is -1.11. The van der Waals surface area contributed by atoms with Gasteiger partial charge in [0.1, 0.15) is 13.4 Å². The number of hydrogen-bond acceptors (Lipinski definition) is 4. The lowest BCUT2D eigenvalue weighted by Gasteiger charge is -2.29. The lowest BCUT2D eigenvalue weighted by Crippen LogP contribution is -2.50. The van der Waals surface area contributed by atoms with Gasteiger partial charge in [0.15, 0.2) is 0 Å². The van der Waals surface area contributed by atoms with E-state index in [0.717, 1.165) is 38.5 Å². The molecule has 1 saturated heterocycles. The second-order valence-corrected chi connectivity index (χ2v) is 5.68. The molecule has 1 rings (SSSR count). The van der Waals surface area contributed by atoms with Gasteiger partial charge >= 0.3 is 5.97 Å². The zero-order valence-corrected chi connectivity index (χ0v) is 12.0. The first-order chi connectivity index (χ1) is 9.03. The fourth-order valence-electron chi connectivity index (χ4n) is 2.77. The Bertz CT molecular complexity index is 291. The van der Waals surface area contributed by atoms with Crippen LogP contribution in [-0.4, -0.2) is 60.2 Å². The van der Waals surface area contributed by atoms with Crippen molar-refractivity contribution in [3.63, 3.8) is 0 Å². The first-order valence-electron chi connectivity index (χ1n) is 7.40. The number of carboxylic acid groups (broad SMARTS) is 1. The average Bonchev–Trinajstić information content (AvgIpc) is 2.84. The molecule has 19 heavy (non-hydrogen) atoms. The third-order valence-corrected chi connectivity index (χ3v) is 4.21. The lowest BCUT2D eigenvalue weighted by molar-refractivity contribution is -0.144. The number of hydrogen-bond donors (Lipinski definition) is 3. The number of nitrogens with zero attached hydrogens (tertiary/aromatic N) is 1. The average molecular weight is 270 g/mol. The summed E-state index contributed by atoms with van der Waals surface area (Å²) in [6.07, 6.45) is 6.02. The molecule has 0 radical (unpaired) electrons. The van der Waals surface area contributed by atoms with Crippen LogP contribution in [0.2, 0.25) is 6.32 Å². The number of aliphatic hydroxyl groups is 1. The highest BCUT2D eigenvalue weighted by molar-refractivity contribution is 6.08. The second kappa shape index (κ2) is 7.87. The standard InChI is InChI=1S/C13H27BN2O3/c14-7-2-1-5-13(15,12(18)19)6-9-16-8-3-4-11(16)10-17/h11,17H,1-10,14-15H2,(H,18,19)/t11-,13+/m0/s1. The molecule has 1 fully saturated rings. The molecule has 1 heterocycles. The van der Waals surface area contributed by atoms with Crippen LogP contribution in [0.4, 0.5) is 0 Å². The van der Waals surface area contributed by atoms with E-state index in [0.29, 0.717) is 19.4 Å². The maximum Gasteiger partial charge on any atom is 0.323 e. The number of nitrogens with two attached hydrogens (primary N) is 1. The van der Waals surface area contributed by atoms with Gasteiger partial charge in [0.05, 0.1) is 6.61 Å². The monoisotopic (exact) mass is 270 g/mol. The summed E-state index contributed by atoms with van der Waals surface area (Å²) in [6, 6.07) is 0.189. The van der Waals surface area contributed by atoms with Gasteiger partial charge in [-0.15, -0.1) is 0 Å². The molecule has 5 nitrogen and oxygen atoms in total. The second-order valence-electron chi connectivity index (χ2n) is 5.68. The van der Waals surface area contributed by atoms with Crippen LogP contribution >= 0.6 is 0 Å². The molecule has 0 amide bonds. The summed E-state index contributed by atoms with van der Waals surface area (Å²) in [4.78, 5) is 13.5. The molecule has 1 aliphatic rings. The highest BCUT2D eigenvalue weighted by Crippen LogP contribution is 2.22. The number of rotatable bonds is 9. The van der Waals surface area contributed by atoms with Crippen molar-refractivity contribution in [3.8, 4) is 0 Å². The van der Waals surface area contributed by atoms with Gasteiger partial charge < -0.3 is 15.9 Å². The van der Waals surface area contributed by atoms with Gasteiger partial charge in [-0.25, -0.2) is 0 Å². The van der Waals surface area contributed by atoms with Crippen molar-refractivity contribution in [2.24, 2.45) is 5.73 Å². The Hall–Kier alpha value is -0.585. The smallest absolute Gasteiger partial charge is 0.323 e. The molecule has 110 valence electrons. The molecule has 1 aliphatic heterocycles. The minimum absolute atomic E-state index is 0.153. The van der Waals surface area contributed by atoms with Crippen LogP contribution in [0.1, 0.15) is 38.5 Å². The SMILES string of the molecule is BCCCC[C@@](N)(CCN1CCC[C@H]1CO)C(=O)O. The summed E-state index contributed by atoms with van der Waals surface area (Å²) in [7, 11) is 2.09. The van der Waals surface area contributed by atoms with Crippen molar-refractivity contribution >= 4 is 13.8 Å². The van der Waals surface area contributed by atoms with Crippen LogP contribution in [-0.2, 0) is 4.79 Å². The third kappa shape index (κ3) is 4.78. The van der Waals surface area contributed by atoms with Gasteiger partial charge in [0, 0.05) is 12.6 Å². The van der Waals surface area contributed by atoms with Crippen LogP contribution in [0.25, 0.3) is 0 Å². The Morgan fingerprint density at radius 3 is 2.74 bits per heavy atom. The number of likely N-dealkylation sites (tertiary alicyclic amines) is 1. The number of unbranched alkanes of at least 4 members (excludes halogenated alkanes) is 1. The van der Waals surface area contributed by atoms with E-state index in [2.05, 4.69) is 12.7 Å². The number of aliphatic hydroxyl groups excluding tert-OH is 1. The molecule has 0 aliphatic carbocycles. The van der Waals surface area contributed by atoms with E-state index < -0.39 is 11.5 Å². The Labute approximate surface area is 116 Å². The summed E-state index contributed by atoms with van der Waals surface area (Å²) in [6.45, 7) is 1.76. The maximum absolute atomic E-state index is 11.4. The van der Waals surface area contributed by atoms with E-state index in [1.807, 2.05) is 0 Å². The Kier molecular flexibility index (Phi) is 6.82. The Balaban J connectivity index is 2.46. The fourth-order valence-corrected chi connectivity index (χ4v) is 2.77. The Morgan fingerprint density at radius 1 is 1.42 bits per heavy atom. The molecule has 0 aromatic rings. The first kappa shape index (κ1) is 16.5. The van der Waals surface area contributed by atoms with Crippen LogP contribution in [0.5, 0.6) is 0 Å². The molecule has 0 bridgehead atoms. The maximum atomic E-state index is 11.4. The molecule has 0 saturated carbocycles. The summed E-state index contributed by atoms with van der Waals surface area (Å²) in [5, 5.41) is 18.6. The van der Waals surface area contributed by atoms with Crippen LogP contribution < -0.4 is 5.73 Å². The minimum Gasteiger partial charge on any atom is -0.480 e. The summed E-state index contributed by atoms with van der Waals surface area (Å²) in [5.41, 5.74) is 4.94. The number of carbonyl (C=O) groups is 1. The molecule has 6 heteroatoms. The van der Waals surface area contributed by atoms with Gasteiger partial charge in [-0.3, -0.25) is 9.69 Å². The highest BCUT2D eigenvalue weighted by atomic mass is 16.4. The zero-order valence-electron chi connectivity index (χ0n) is 12.0. The van der Waals surface area contributed by atoms with Gasteiger partial charge in [0.2, 0.25) is 0 Å². The molecular weight excluding hydrogens is 243 g/mol. The largest absolute Gasteiger partial charge is 0.480 e. The first-order valence-corrected chi connectivity index (χ1v) is 7.40. The van der Waals surface area contributed by atoms with E-state index in [9.17, 15) is 15.0 Å². The van der Waals surface area contributed by atoms with Crippen molar-refractivity contribution in [2.75, 3.05) is 19.7 Å². The molecule has 0 aromatic heterocycles. The predicted molar refractivity (Wildman–Crippen MR) is 78.1 cm³/mol. The van der Waals surface area contributed by atoms with Crippen LogP contribution in [0.15, 0.2) is 0 Å². The molecule has 0 aromatic carbocycles. The van der Waals surface area contributed by atoms with Crippen molar-refractivity contribution in [1.29, 1.82) is 0 Å². The third-order valence-electron chi connectivity index (χ3n) is 4.21. The van der Waals surface area contributed by atoms with Gasteiger partial charge in [0.25, 0.3) is 0 Å². The summed E-state index contributed by atoms with van der Waals surface area (Å²) in [5.74, 6) is -0.900. The van der Waals surface area contributed by atoms with Crippen molar-refractivity contribution in [3.05, 3.63) is 0 Å². The predicted octanol–water partition coefficient (Wildman–Crippen LogP) is -0.163. The summed E-state index contributed by atoms with van der Waals surface area (Å²) >= 11 is 0. The van der Waals surface area contributed by atoms with Crippen molar-refractivity contribution in [1.82, 2.24) is 4.90 Å². The number of aliphatic carboxylic acids is 1. The van der Waals surface area contributed by atoms with Crippen molar-refractivity contribution in [2.45, 2.75) is 56.4 Å². The van der Waals surface area contributed by atoms with Gasteiger partial charge in [-0.05, 0) is 32.2 Å².